The first-order valence-corrected chi connectivity index (χ1v) is 3.30. The summed E-state index contributed by atoms with van der Waals surface area (Å²) < 4.78 is 0. The quantitative estimate of drug-likeness (QED) is 0.432. The predicted molar refractivity (Wildman–Crippen MR) is 40.1 cm³/mol. The van der Waals surface area contributed by atoms with Gasteiger partial charge in [0.05, 0.1) is 0 Å². The molecular formula is C8H10O3. The lowest BCUT2D eigenvalue weighted by molar-refractivity contribution is -0.108. The molecule has 3 nitrogen and oxygen atoms in total. The molecule has 0 aliphatic carbocycles. The van der Waals surface area contributed by atoms with Gasteiger partial charge in [-0.15, -0.1) is 0 Å². The summed E-state index contributed by atoms with van der Waals surface area (Å²) >= 11 is 0. The second-order valence-corrected chi connectivity index (χ2v) is 2.15. The number of aldehydes is 3. The van der Waals surface area contributed by atoms with Gasteiger partial charge >= 0.3 is 0 Å². The van der Waals surface area contributed by atoms with E-state index >= 15 is 0 Å². The van der Waals surface area contributed by atoms with E-state index in [4.69, 9.17) is 0 Å². The summed E-state index contributed by atoms with van der Waals surface area (Å²) in [5, 5.41) is 0. The third-order valence-electron chi connectivity index (χ3n) is 1.36. The highest BCUT2D eigenvalue weighted by Gasteiger charge is 1.99. The monoisotopic (exact) mass is 154 g/mol. The van der Waals surface area contributed by atoms with Crippen LogP contribution in [-0.2, 0) is 14.4 Å². The van der Waals surface area contributed by atoms with Gasteiger partial charge in [-0.1, -0.05) is 0 Å². The predicted octanol–water partition coefficient (Wildman–Crippen LogP) is 0.680. The molecule has 0 saturated carbocycles. The van der Waals surface area contributed by atoms with Crippen LogP contribution in [0.3, 0.4) is 0 Å². The number of hydrogen-bond acceptors (Lipinski definition) is 3. The third kappa shape index (κ3) is 3.45. The van der Waals surface area contributed by atoms with Crippen LogP contribution in [0.2, 0.25) is 0 Å². The minimum Gasteiger partial charge on any atom is -0.303 e. The van der Waals surface area contributed by atoms with Crippen molar-refractivity contribution in [3.05, 3.63) is 11.1 Å². The summed E-state index contributed by atoms with van der Waals surface area (Å²) in [4.78, 5) is 30.4. The summed E-state index contributed by atoms with van der Waals surface area (Å²) in [6.07, 6.45) is 2.61. The molecule has 0 aromatic carbocycles. The van der Waals surface area contributed by atoms with Crippen molar-refractivity contribution >= 4 is 18.9 Å². The van der Waals surface area contributed by atoms with E-state index in [1.54, 1.807) is 6.92 Å². The summed E-state index contributed by atoms with van der Waals surface area (Å²) in [5.74, 6) is 0. The molecule has 0 bridgehead atoms. The fourth-order valence-electron chi connectivity index (χ4n) is 0.639. The Morgan fingerprint density at radius 2 is 1.82 bits per heavy atom. The molecule has 0 aromatic heterocycles. The van der Waals surface area contributed by atoms with Gasteiger partial charge in [0, 0.05) is 6.42 Å². The highest BCUT2D eigenvalue weighted by atomic mass is 16.1. The summed E-state index contributed by atoms with van der Waals surface area (Å²) in [6, 6.07) is 0. The molecule has 0 unspecified atom stereocenters. The van der Waals surface area contributed by atoms with E-state index in [2.05, 4.69) is 0 Å². The van der Waals surface area contributed by atoms with Crippen molar-refractivity contribution in [2.24, 2.45) is 0 Å². The number of carbonyl (C=O) groups excluding carboxylic acids is 3. The van der Waals surface area contributed by atoms with Crippen LogP contribution >= 0.6 is 0 Å². The average molecular weight is 154 g/mol. The SMILES string of the molecule is C/C(C=O)=C(/C=O)CCC=O. The van der Waals surface area contributed by atoms with Gasteiger partial charge < -0.3 is 4.79 Å². The molecule has 0 aliphatic rings. The first-order chi connectivity index (χ1) is 5.26. The van der Waals surface area contributed by atoms with Crippen LogP contribution in [0.1, 0.15) is 19.8 Å². The zero-order valence-corrected chi connectivity index (χ0v) is 6.37. The molecule has 0 N–H and O–H groups in total. The standard InChI is InChI=1S/C8H10O3/c1-7(5-10)8(6-11)3-2-4-9/h4-6H,2-3H2,1H3/b8-7-. The van der Waals surface area contributed by atoms with E-state index in [-0.39, 0.29) is 0 Å². The zero-order valence-electron chi connectivity index (χ0n) is 6.37. The van der Waals surface area contributed by atoms with Crippen LogP contribution in [0.25, 0.3) is 0 Å². The third-order valence-corrected chi connectivity index (χ3v) is 1.36. The van der Waals surface area contributed by atoms with Gasteiger partial charge in [0.1, 0.15) is 18.9 Å². The largest absolute Gasteiger partial charge is 0.303 e. The maximum atomic E-state index is 10.3. The number of allylic oxidation sites excluding steroid dienone is 2. The van der Waals surface area contributed by atoms with Gasteiger partial charge in [-0.05, 0) is 24.5 Å². The highest BCUT2D eigenvalue weighted by Crippen LogP contribution is 2.05. The Morgan fingerprint density at radius 3 is 2.18 bits per heavy atom. The van der Waals surface area contributed by atoms with Crippen molar-refractivity contribution in [2.45, 2.75) is 19.8 Å². The molecule has 11 heavy (non-hydrogen) atoms. The van der Waals surface area contributed by atoms with Crippen molar-refractivity contribution in [1.29, 1.82) is 0 Å². The Bertz CT molecular complexity index is 192. The Hall–Kier alpha value is -1.25. The molecule has 0 saturated heterocycles. The molecule has 60 valence electrons. The van der Waals surface area contributed by atoms with E-state index in [0.29, 0.717) is 36.6 Å². The minimum absolute atomic E-state index is 0.291. The lowest BCUT2D eigenvalue weighted by Gasteiger charge is -1.95. The van der Waals surface area contributed by atoms with E-state index in [1.165, 1.54) is 0 Å². The molecule has 0 fully saturated rings. The van der Waals surface area contributed by atoms with Crippen molar-refractivity contribution < 1.29 is 14.4 Å². The van der Waals surface area contributed by atoms with E-state index in [1.807, 2.05) is 0 Å². The zero-order chi connectivity index (χ0) is 8.69. The number of carbonyl (C=O) groups is 3. The molecule has 0 rings (SSSR count). The number of hydrogen-bond donors (Lipinski definition) is 0. The van der Waals surface area contributed by atoms with Gasteiger partial charge in [0.2, 0.25) is 0 Å². The second-order valence-electron chi connectivity index (χ2n) is 2.15. The van der Waals surface area contributed by atoms with Gasteiger partial charge in [0.15, 0.2) is 0 Å². The normalized spacial score (nSPS) is 11.7. The molecule has 0 aliphatic heterocycles. The van der Waals surface area contributed by atoms with Gasteiger partial charge in [-0.2, -0.15) is 0 Å². The molecule has 0 atom stereocenters. The van der Waals surface area contributed by atoms with Gasteiger partial charge in [-0.25, -0.2) is 0 Å². The first kappa shape index (κ1) is 9.75. The number of rotatable bonds is 5. The Labute approximate surface area is 65.1 Å². The Kier molecular flexibility index (Phi) is 4.90. The maximum Gasteiger partial charge on any atom is 0.146 e. The maximum absolute atomic E-state index is 10.3. The van der Waals surface area contributed by atoms with Crippen molar-refractivity contribution in [1.82, 2.24) is 0 Å². The fraction of sp³-hybridized carbons (Fsp3) is 0.375. The van der Waals surface area contributed by atoms with E-state index < -0.39 is 0 Å². The first-order valence-electron chi connectivity index (χ1n) is 3.30. The Morgan fingerprint density at radius 1 is 1.18 bits per heavy atom. The van der Waals surface area contributed by atoms with Crippen LogP contribution < -0.4 is 0 Å². The molecular weight excluding hydrogens is 144 g/mol. The topological polar surface area (TPSA) is 51.2 Å². The van der Waals surface area contributed by atoms with Crippen LogP contribution in [-0.4, -0.2) is 18.9 Å². The average Bonchev–Trinajstić information content (AvgIpc) is 2.05. The van der Waals surface area contributed by atoms with Crippen molar-refractivity contribution in [3.8, 4) is 0 Å². The lowest BCUT2D eigenvalue weighted by atomic mass is 10.1. The molecule has 0 heterocycles. The van der Waals surface area contributed by atoms with Crippen LogP contribution in [0.5, 0.6) is 0 Å². The summed E-state index contributed by atoms with van der Waals surface area (Å²) in [7, 11) is 0. The molecule has 0 amide bonds. The van der Waals surface area contributed by atoms with E-state index in [9.17, 15) is 14.4 Å². The van der Waals surface area contributed by atoms with Crippen molar-refractivity contribution in [2.75, 3.05) is 0 Å². The van der Waals surface area contributed by atoms with Gasteiger partial charge in [-0.3, -0.25) is 9.59 Å². The molecule has 0 aromatic rings. The lowest BCUT2D eigenvalue weighted by Crippen LogP contribution is -1.92. The highest BCUT2D eigenvalue weighted by molar-refractivity contribution is 5.86. The minimum atomic E-state index is 0.291. The summed E-state index contributed by atoms with van der Waals surface area (Å²) in [6.45, 7) is 1.56. The van der Waals surface area contributed by atoms with Crippen LogP contribution in [0, 0.1) is 0 Å². The van der Waals surface area contributed by atoms with Crippen molar-refractivity contribution in [3.63, 3.8) is 0 Å². The molecule has 0 spiro atoms. The second kappa shape index (κ2) is 5.53. The summed E-state index contributed by atoms with van der Waals surface area (Å²) in [5.41, 5.74) is 0.814. The smallest absolute Gasteiger partial charge is 0.146 e. The Balaban J connectivity index is 4.25. The fourth-order valence-corrected chi connectivity index (χ4v) is 0.639. The van der Waals surface area contributed by atoms with E-state index in [0.717, 1.165) is 6.29 Å². The van der Waals surface area contributed by atoms with Gasteiger partial charge in [0.25, 0.3) is 0 Å². The van der Waals surface area contributed by atoms with Crippen LogP contribution in [0.15, 0.2) is 11.1 Å². The molecule has 3 heteroatoms. The van der Waals surface area contributed by atoms with Crippen LogP contribution in [0.4, 0.5) is 0 Å². The molecule has 0 radical (unpaired) electrons.